The first kappa shape index (κ1) is 18.0. The van der Waals surface area contributed by atoms with Crippen LogP contribution in [0.25, 0.3) is 0 Å². The smallest absolute Gasteiger partial charge is 0.424 e. The third-order valence-corrected chi connectivity index (χ3v) is 2.84. The molecular weight excluding hydrogens is 314 g/mol. The molecular formula is C10H12F6O5. The topological polar surface area (TPSA) is 46.2 Å². The van der Waals surface area contributed by atoms with Crippen molar-refractivity contribution in [3.63, 3.8) is 0 Å². The molecule has 11 heteroatoms. The second-order valence-electron chi connectivity index (χ2n) is 3.79. The van der Waals surface area contributed by atoms with Gasteiger partial charge in [-0.3, -0.25) is 0 Å². The van der Waals surface area contributed by atoms with Gasteiger partial charge in [0, 0.05) is 28.4 Å². The molecule has 124 valence electrons. The Kier molecular flexibility index (Phi) is 4.55. The highest BCUT2D eigenvalue weighted by molar-refractivity contribution is 5.32. The number of methoxy groups -OCH3 is 4. The van der Waals surface area contributed by atoms with Gasteiger partial charge in [-0.2, -0.15) is 26.3 Å². The molecule has 0 atom stereocenters. The van der Waals surface area contributed by atoms with Gasteiger partial charge in [0.05, 0.1) is 0 Å². The molecule has 0 saturated carbocycles. The minimum absolute atomic E-state index is 0.823. The molecule has 0 aromatic heterocycles. The highest BCUT2D eigenvalue weighted by Crippen LogP contribution is 2.55. The summed E-state index contributed by atoms with van der Waals surface area (Å²) in [4.78, 5) is 0. The van der Waals surface area contributed by atoms with E-state index in [1.165, 1.54) is 0 Å². The van der Waals surface area contributed by atoms with Crippen LogP contribution in [-0.4, -0.2) is 52.6 Å². The molecule has 0 N–H and O–H groups in total. The number of hydrogen-bond acceptors (Lipinski definition) is 5. The van der Waals surface area contributed by atoms with Crippen molar-refractivity contribution in [1.82, 2.24) is 0 Å². The molecule has 21 heavy (non-hydrogen) atoms. The number of halogens is 6. The molecule has 0 aliphatic carbocycles. The highest BCUT2D eigenvalue weighted by atomic mass is 19.4. The van der Waals surface area contributed by atoms with Crippen molar-refractivity contribution in [2.45, 2.75) is 24.1 Å². The summed E-state index contributed by atoms with van der Waals surface area (Å²) in [6, 6.07) is 0. The fourth-order valence-corrected chi connectivity index (χ4v) is 1.95. The summed E-state index contributed by atoms with van der Waals surface area (Å²) in [6.45, 7) is 0. The lowest BCUT2D eigenvalue weighted by Gasteiger charge is -2.54. The number of rotatable bonds is 4. The number of hydrogen-bond donors (Lipinski definition) is 0. The predicted molar refractivity (Wildman–Crippen MR) is 53.7 cm³/mol. The summed E-state index contributed by atoms with van der Waals surface area (Å²) >= 11 is 0. The molecule has 0 radical (unpaired) electrons. The van der Waals surface area contributed by atoms with Crippen LogP contribution in [0, 0.1) is 0 Å². The zero-order valence-electron chi connectivity index (χ0n) is 11.3. The van der Waals surface area contributed by atoms with Crippen LogP contribution in [0.5, 0.6) is 0 Å². The molecule has 0 bridgehead atoms. The maximum Gasteiger partial charge on any atom is 0.424 e. The van der Waals surface area contributed by atoms with Crippen molar-refractivity contribution < 1.29 is 50.0 Å². The van der Waals surface area contributed by atoms with E-state index in [4.69, 9.17) is 0 Å². The summed E-state index contributed by atoms with van der Waals surface area (Å²) in [5.74, 6) is -6.68. The number of allylic oxidation sites excluding steroid dienone is 1. The van der Waals surface area contributed by atoms with Gasteiger partial charge in [-0.15, -0.1) is 0 Å². The number of alkyl halides is 6. The standard InChI is InChI=1S/C10H12F6O5/c1-17-7(18-2)6(21-10(7,19-3)20-4)5(8(11,12)13)9(14,15)16/h1-4H3. The maximum absolute atomic E-state index is 12.7. The Morgan fingerprint density at radius 3 is 1.43 bits per heavy atom. The van der Waals surface area contributed by atoms with Crippen LogP contribution >= 0.6 is 0 Å². The lowest BCUT2D eigenvalue weighted by molar-refractivity contribution is -0.528. The molecule has 0 aromatic rings. The normalized spacial score (nSPS) is 20.8. The molecule has 1 heterocycles. The van der Waals surface area contributed by atoms with Crippen molar-refractivity contribution >= 4 is 0 Å². The lowest BCUT2D eigenvalue weighted by Crippen LogP contribution is -2.72. The van der Waals surface area contributed by atoms with Crippen molar-refractivity contribution in [2.24, 2.45) is 0 Å². The molecule has 0 amide bonds. The quantitative estimate of drug-likeness (QED) is 0.586. The zero-order chi connectivity index (χ0) is 16.7. The van der Waals surface area contributed by atoms with E-state index < -0.39 is 35.4 Å². The van der Waals surface area contributed by atoms with Gasteiger partial charge in [0.15, 0.2) is 11.3 Å². The monoisotopic (exact) mass is 326 g/mol. The summed E-state index contributed by atoms with van der Waals surface area (Å²) in [5, 5.41) is 0. The van der Waals surface area contributed by atoms with Crippen LogP contribution in [0.4, 0.5) is 26.3 Å². The van der Waals surface area contributed by atoms with E-state index >= 15 is 0 Å². The Labute approximate surface area is 115 Å². The first-order chi connectivity index (χ1) is 9.45. The van der Waals surface area contributed by atoms with Crippen LogP contribution < -0.4 is 0 Å². The van der Waals surface area contributed by atoms with Gasteiger partial charge < -0.3 is 23.7 Å². The Morgan fingerprint density at radius 1 is 0.810 bits per heavy atom. The average molecular weight is 326 g/mol. The molecule has 0 aromatic carbocycles. The van der Waals surface area contributed by atoms with Crippen LogP contribution in [-0.2, 0) is 23.7 Å². The van der Waals surface area contributed by atoms with Gasteiger partial charge in [0.1, 0.15) is 0 Å². The minimum atomic E-state index is -5.75. The summed E-state index contributed by atoms with van der Waals surface area (Å²) in [7, 11) is 3.52. The third kappa shape index (κ3) is 2.47. The van der Waals surface area contributed by atoms with Gasteiger partial charge in [0.2, 0.25) is 0 Å². The van der Waals surface area contributed by atoms with Crippen LogP contribution in [0.3, 0.4) is 0 Å². The van der Waals surface area contributed by atoms with E-state index in [1.807, 2.05) is 0 Å². The van der Waals surface area contributed by atoms with Gasteiger partial charge in [0.25, 0.3) is 0 Å². The van der Waals surface area contributed by atoms with E-state index in [0.29, 0.717) is 0 Å². The van der Waals surface area contributed by atoms with Crippen molar-refractivity contribution in [1.29, 1.82) is 0 Å². The van der Waals surface area contributed by atoms with E-state index in [2.05, 4.69) is 23.7 Å². The molecule has 1 fully saturated rings. The summed E-state index contributed by atoms with van der Waals surface area (Å²) in [6.07, 6.45) is -11.5. The Bertz CT molecular complexity index is 403. The maximum atomic E-state index is 12.7. The van der Waals surface area contributed by atoms with E-state index in [9.17, 15) is 26.3 Å². The van der Waals surface area contributed by atoms with Gasteiger partial charge in [-0.05, 0) is 0 Å². The number of ether oxygens (including phenoxy) is 5. The SMILES string of the molecule is COC1(OC)OC(=C(C(F)(F)F)C(F)(F)F)C1(OC)OC. The van der Waals surface area contributed by atoms with Crippen molar-refractivity contribution in [3.05, 3.63) is 11.3 Å². The molecule has 0 spiro atoms. The van der Waals surface area contributed by atoms with Crippen molar-refractivity contribution in [2.75, 3.05) is 28.4 Å². The average Bonchev–Trinajstić information content (AvgIpc) is 2.32. The first-order valence-corrected chi connectivity index (χ1v) is 5.24. The predicted octanol–water partition coefficient (Wildman–Crippen LogP) is 2.33. The molecule has 1 saturated heterocycles. The summed E-state index contributed by atoms with van der Waals surface area (Å²) < 4.78 is 99.4. The highest BCUT2D eigenvalue weighted by Gasteiger charge is 2.76. The second-order valence-corrected chi connectivity index (χ2v) is 3.79. The fraction of sp³-hybridized carbons (Fsp3) is 0.800. The van der Waals surface area contributed by atoms with Crippen LogP contribution in [0.1, 0.15) is 0 Å². The summed E-state index contributed by atoms with van der Waals surface area (Å²) in [5.41, 5.74) is -2.90. The Morgan fingerprint density at radius 2 is 1.19 bits per heavy atom. The van der Waals surface area contributed by atoms with E-state index in [1.54, 1.807) is 0 Å². The molecule has 5 nitrogen and oxygen atoms in total. The Balaban J connectivity index is 3.58. The Hall–Kier alpha value is -1.04. The lowest BCUT2D eigenvalue weighted by atomic mass is 9.99. The second kappa shape index (κ2) is 5.30. The van der Waals surface area contributed by atoms with E-state index in [-0.39, 0.29) is 0 Å². The fourth-order valence-electron chi connectivity index (χ4n) is 1.95. The van der Waals surface area contributed by atoms with E-state index in [0.717, 1.165) is 28.4 Å². The van der Waals surface area contributed by atoms with Crippen LogP contribution in [0.15, 0.2) is 11.3 Å². The van der Waals surface area contributed by atoms with Gasteiger partial charge in [-0.25, -0.2) is 0 Å². The molecule has 1 rings (SSSR count). The zero-order valence-corrected chi connectivity index (χ0v) is 11.3. The van der Waals surface area contributed by atoms with Crippen LogP contribution in [0.2, 0.25) is 0 Å². The third-order valence-electron chi connectivity index (χ3n) is 2.84. The van der Waals surface area contributed by atoms with Gasteiger partial charge >= 0.3 is 24.1 Å². The van der Waals surface area contributed by atoms with Gasteiger partial charge in [-0.1, -0.05) is 0 Å². The first-order valence-electron chi connectivity index (χ1n) is 5.24. The molecule has 1 aliphatic rings. The largest absolute Gasteiger partial charge is 0.432 e. The minimum Gasteiger partial charge on any atom is -0.432 e. The molecule has 1 aliphatic heterocycles. The molecule has 0 unspecified atom stereocenters. The van der Waals surface area contributed by atoms with Crippen molar-refractivity contribution in [3.8, 4) is 0 Å².